The van der Waals surface area contributed by atoms with E-state index in [0.717, 1.165) is 55.2 Å². The van der Waals surface area contributed by atoms with Crippen molar-refractivity contribution in [2.75, 3.05) is 26.2 Å². The van der Waals surface area contributed by atoms with Crippen LogP contribution in [-0.2, 0) is 0 Å². The van der Waals surface area contributed by atoms with Gasteiger partial charge in [0.25, 0.3) is 5.91 Å². The second kappa shape index (κ2) is 12.1. The fraction of sp³-hybridized carbons (Fsp3) is 0.462. The maximum absolute atomic E-state index is 12.8. The maximum Gasteiger partial charge on any atom is 0.251 e. The largest absolute Gasteiger partial charge is 0.351 e. The Balaban J connectivity index is 1.71. The minimum absolute atomic E-state index is 0.0197. The van der Waals surface area contributed by atoms with E-state index >= 15 is 0 Å². The highest BCUT2D eigenvalue weighted by Gasteiger charge is 2.18. The average Bonchev–Trinajstić information content (AvgIpc) is 2.93. The normalized spacial score (nSPS) is 12.7. The van der Waals surface area contributed by atoms with Crippen LogP contribution in [0.25, 0.3) is 0 Å². The van der Waals surface area contributed by atoms with Gasteiger partial charge in [0, 0.05) is 39.7 Å². The van der Waals surface area contributed by atoms with Crippen molar-refractivity contribution in [1.29, 1.82) is 0 Å². The van der Waals surface area contributed by atoms with Gasteiger partial charge in [0.2, 0.25) is 0 Å². The number of carbonyl (C=O) groups excluding carboxylic acids is 1. The number of hydrogen-bond acceptors (Lipinski definition) is 4. The lowest BCUT2D eigenvalue weighted by molar-refractivity contribution is 0.0948. The molecule has 1 aliphatic heterocycles. The van der Waals surface area contributed by atoms with E-state index in [0.29, 0.717) is 12.1 Å². The SMILES string of the molecule is CCCCN(CCC)CCNC(=O)c1ccc2c(c1)N=C(CCC)c1ccccc1S2. The highest BCUT2D eigenvalue weighted by atomic mass is 32.2. The first-order valence-electron chi connectivity index (χ1n) is 11.7. The Kier molecular flexibility index (Phi) is 9.16. The van der Waals surface area contributed by atoms with Gasteiger partial charge < -0.3 is 10.2 Å². The van der Waals surface area contributed by atoms with Gasteiger partial charge in [0.1, 0.15) is 0 Å². The molecule has 0 aromatic heterocycles. The third-order valence-electron chi connectivity index (χ3n) is 5.46. The number of amides is 1. The van der Waals surface area contributed by atoms with Gasteiger partial charge in [-0.25, -0.2) is 0 Å². The number of unbranched alkanes of at least 4 members (excludes halogenated alkanes) is 1. The van der Waals surface area contributed by atoms with Crippen molar-refractivity contribution in [3.63, 3.8) is 0 Å². The lowest BCUT2D eigenvalue weighted by Crippen LogP contribution is -2.35. The molecule has 0 fully saturated rings. The molecule has 0 unspecified atom stereocenters. The number of hydrogen-bond donors (Lipinski definition) is 1. The summed E-state index contributed by atoms with van der Waals surface area (Å²) in [7, 11) is 0. The summed E-state index contributed by atoms with van der Waals surface area (Å²) >= 11 is 1.74. The van der Waals surface area contributed by atoms with Gasteiger partial charge in [-0.1, -0.05) is 63.6 Å². The molecular weight excluding hydrogens is 402 g/mol. The minimum Gasteiger partial charge on any atom is -0.351 e. The molecule has 0 saturated heterocycles. The Morgan fingerprint density at radius 3 is 2.58 bits per heavy atom. The summed E-state index contributed by atoms with van der Waals surface area (Å²) in [6, 6.07) is 14.4. The van der Waals surface area contributed by atoms with Gasteiger partial charge >= 0.3 is 0 Å². The Bertz CT molecular complexity index is 909. The van der Waals surface area contributed by atoms with Crippen molar-refractivity contribution in [3.05, 3.63) is 53.6 Å². The fourth-order valence-electron chi connectivity index (χ4n) is 3.84. The van der Waals surface area contributed by atoms with Crippen molar-refractivity contribution >= 4 is 29.1 Å². The van der Waals surface area contributed by atoms with Crippen LogP contribution in [0.4, 0.5) is 5.69 Å². The smallest absolute Gasteiger partial charge is 0.251 e. The molecule has 2 aromatic carbocycles. The van der Waals surface area contributed by atoms with Gasteiger partial charge in [-0.05, 0) is 56.6 Å². The second-order valence-electron chi connectivity index (χ2n) is 8.04. The number of benzene rings is 2. The lowest BCUT2D eigenvalue weighted by Gasteiger charge is -2.21. The van der Waals surface area contributed by atoms with Crippen LogP contribution < -0.4 is 5.32 Å². The first kappa shape index (κ1) is 23.6. The van der Waals surface area contributed by atoms with E-state index in [1.54, 1.807) is 11.8 Å². The quantitative estimate of drug-likeness (QED) is 0.448. The zero-order valence-corrected chi connectivity index (χ0v) is 19.9. The Morgan fingerprint density at radius 2 is 1.81 bits per heavy atom. The fourth-order valence-corrected chi connectivity index (χ4v) is 4.87. The van der Waals surface area contributed by atoms with Crippen LogP contribution in [0, 0.1) is 0 Å². The molecule has 1 N–H and O–H groups in total. The molecule has 0 saturated carbocycles. The van der Waals surface area contributed by atoms with Crippen LogP contribution in [0.1, 0.15) is 68.8 Å². The molecule has 0 spiro atoms. The van der Waals surface area contributed by atoms with Gasteiger partial charge in [-0.2, -0.15) is 0 Å². The van der Waals surface area contributed by atoms with Crippen molar-refractivity contribution < 1.29 is 4.79 Å². The topological polar surface area (TPSA) is 44.7 Å². The molecule has 1 aliphatic rings. The molecule has 0 aliphatic carbocycles. The molecule has 166 valence electrons. The average molecular weight is 438 g/mol. The molecule has 0 bridgehead atoms. The van der Waals surface area contributed by atoms with Crippen LogP contribution in [-0.4, -0.2) is 42.7 Å². The standard InChI is InChI=1S/C26H35N3OS/c1-4-7-17-29(16-6-3)18-15-27-26(30)20-13-14-25-23(19-20)28-22(10-5-2)21-11-8-9-12-24(21)31-25/h8-9,11-14,19H,4-7,10,15-18H2,1-3H3,(H,27,30). The van der Waals surface area contributed by atoms with Crippen LogP contribution in [0.5, 0.6) is 0 Å². The Morgan fingerprint density at radius 1 is 0.968 bits per heavy atom. The van der Waals surface area contributed by atoms with Crippen molar-refractivity contribution in [2.45, 2.75) is 62.7 Å². The highest BCUT2D eigenvalue weighted by Crippen LogP contribution is 2.41. The van der Waals surface area contributed by atoms with Crippen molar-refractivity contribution in [3.8, 4) is 0 Å². The molecule has 2 aromatic rings. The molecule has 3 rings (SSSR count). The minimum atomic E-state index is -0.0197. The molecule has 5 heteroatoms. The van der Waals surface area contributed by atoms with E-state index in [1.807, 2.05) is 18.2 Å². The first-order chi connectivity index (χ1) is 15.2. The van der Waals surface area contributed by atoms with E-state index in [9.17, 15) is 4.79 Å². The maximum atomic E-state index is 12.8. The molecule has 0 radical (unpaired) electrons. The Hall–Kier alpha value is -2.11. The third-order valence-corrected chi connectivity index (χ3v) is 6.60. The summed E-state index contributed by atoms with van der Waals surface area (Å²) in [6.07, 6.45) is 5.51. The number of rotatable bonds is 11. The third kappa shape index (κ3) is 6.44. The van der Waals surface area contributed by atoms with Crippen molar-refractivity contribution in [1.82, 2.24) is 10.2 Å². The summed E-state index contributed by atoms with van der Waals surface area (Å²) in [4.78, 5) is 22.6. The number of carbonyl (C=O) groups is 1. The van der Waals surface area contributed by atoms with Gasteiger partial charge in [-0.3, -0.25) is 9.79 Å². The number of nitrogens with one attached hydrogen (secondary N) is 1. The molecule has 4 nitrogen and oxygen atoms in total. The monoisotopic (exact) mass is 437 g/mol. The molecule has 31 heavy (non-hydrogen) atoms. The summed E-state index contributed by atoms with van der Waals surface area (Å²) in [5, 5.41) is 3.10. The lowest BCUT2D eigenvalue weighted by atomic mass is 10.1. The van der Waals surface area contributed by atoms with E-state index in [4.69, 9.17) is 4.99 Å². The predicted molar refractivity (Wildman–Crippen MR) is 132 cm³/mol. The number of aliphatic imine (C=N–C) groups is 1. The number of fused-ring (bicyclic) bond motifs is 2. The highest BCUT2D eigenvalue weighted by molar-refractivity contribution is 7.99. The van der Waals surface area contributed by atoms with Crippen LogP contribution in [0.2, 0.25) is 0 Å². The molecule has 1 heterocycles. The number of nitrogens with zero attached hydrogens (tertiary/aromatic N) is 2. The molecule has 0 atom stereocenters. The van der Waals surface area contributed by atoms with Crippen molar-refractivity contribution in [2.24, 2.45) is 4.99 Å². The van der Waals surface area contributed by atoms with Crippen LogP contribution in [0.3, 0.4) is 0 Å². The molecule has 1 amide bonds. The zero-order chi connectivity index (χ0) is 22.1. The molecular formula is C26H35N3OS. The summed E-state index contributed by atoms with van der Waals surface area (Å²) < 4.78 is 0. The summed E-state index contributed by atoms with van der Waals surface area (Å²) in [5.41, 5.74) is 3.89. The summed E-state index contributed by atoms with van der Waals surface area (Å²) in [6.45, 7) is 10.4. The van der Waals surface area contributed by atoms with Gasteiger partial charge in [0.05, 0.1) is 5.69 Å². The van der Waals surface area contributed by atoms with Crippen LogP contribution in [0.15, 0.2) is 57.2 Å². The second-order valence-corrected chi connectivity index (χ2v) is 9.12. The predicted octanol–water partition coefficient (Wildman–Crippen LogP) is 6.31. The summed E-state index contributed by atoms with van der Waals surface area (Å²) in [5.74, 6) is -0.0197. The Labute approximate surface area is 191 Å². The van der Waals surface area contributed by atoms with Gasteiger partial charge in [-0.15, -0.1) is 0 Å². The van der Waals surface area contributed by atoms with Gasteiger partial charge in [0.15, 0.2) is 0 Å². The van der Waals surface area contributed by atoms with E-state index in [2.05, 4.69) is 55.3 Å². The van der Waals surface area contributed by atoms with E-state index in [1.165, 1.54) is 23.3 Å². The van der Waals surface area contributed by atoms with E-state index in [-0.39, 0.29) is 5.91 Å². The first-order valence-corrected chi connectivity index (χ1v) is 12.5. The van der Waals surface area contributed by atoms with E-state index < -0.39 is 0 Å². The van der Waals surface area contributed by atoms with Crippen LogP contribution >= 0.6 is 11.8 Å². The zero-order valence-electron chi connectivity index (χ0n) is 19.1.